The zero-order valence-corrected chi connectivity index (χ0v) is 13.1. The number of hydrogen-bond donors (Lipinski definition) is 1. The highest BCUT2D eigenvalue weighted by Crippen LogP contribution is 2.22. The first-order valence-corrected chi connectivity index (χ1v) is 7.57. The van der Waals surface area contributed by atoms with Crippen molar-refractivity contribution in [2.75, 3.05) is 19.7 Å². The molecule has 1 rings (SSSR count). The largest absolute Gasteiger partial charge is 0.493 e. The van der Waals surface area contributed by atoms with Gasteiger partial charge in [0, 0.05) is 5.02 Å². The zero-order valence-electron chi connectivity index (χ0n) is 12.3. The Morgan fingerprint density at radius 3 is 2.74 bits per heavy atom. The fourth-order valence-electron chi connectivity index (χ4n) is 1.83. The second kappa shape index (κ2) is 9.22. The van der Waals surface area contributed by atoms with E-state index in [-0.39, 0.29) is 0 Å². The van der Waals surface area contributed by atoms with E-state index in [1.807, 2.05) is 25.1 Å². The Kier molecular flexibility index (Phi) is 7.92. The predicted molar refractivity (Wildman–Crippen MR) is 83.2 cm³/mol. The van der Waals surface area contributed by atoms with E-state index >= 15 is 0 Å². The minimum Gasteiger partial charge on any atom is -0.493 e. The molecule has 0 aliphatic rings. The summed E-state index contributed by atoms with van der Waals surface area (Å²) in [5.41, 5.74) is 1.14. The number of hydrogen-bond acceptors (Lipinski definition) is 2. The Hall–Kier alpha value is -0.730. The third kappa shape index (κ3) is 7.44. The van der Waals surface area contributed by atoms with Crippen molar-refractivity contribution in [2.45, 2.75) is 40.0 Å². The molecule has 108 valence electrons. The number of unbranched alkanes of at least 4 members (excludes halogenated alkanes) is 2. The first-order valence-electron chi connectivity index (χ1n) is 7.19. The van der Waals surface area contributed by atoms with Crippen LogP contribution < -0.4 is 10.1 Å². The summed E-state index contributed by atoms with van der Waals surface area (Å²) >= 11 is 5.95. The van der Waals surface area contributed by atoms with Gasteiger partial charge in [0.2, 0.25) is 0 Å². The predicted octanol–water partition coefficient (Wildman–Crippen LogP) is 4.44. The van der Waals surface area contributed by atoms with E-state index in [2.05, 4.69) is 19.2 Å². The molecule has 1 aromatic rings. The van der Waals surface area contributed by atoms with Crippen molar-refractivity contribution in [3.05, 3.63) is 28.8 Å². The highest BCUT2D eigenvalue weighted by Gasteiger charge is 2.00. The summed E-state index contributed by atoms with van der Waals surface area (Å²) in [6.45, 7) is 9.49. The van der Waals surface area contributed by atoms with E-state index < -0.39 is 0 Å². The molecule has 3 heteroatoms. The summed E-state index contributed by atoms with van der Waals surface area (Å²) in [6.07, 6.45) is 3.50. The van der Waals surface area contributed by atoms with E-state index in [0.717, 1.165) is 48.4 Å². The van der Waals surface area contributed by atoms with Crippen molar-refractivity contribution < 1.29 is 4.74 Å². The smallest absolute Gasteiger partial charge is 0.123 e. The van der Waals surface area contributed by atoms with Gasteiger partial charge in [-0.25, -0.2) is 0 Å². The van der Waals surface area contributed by atoms with Crippen molar-refractivity contribution in [3.63, 3.8) is 0 Å². The summed E-state index contributed by atoms with van der Waals surface area (Å²) in [7, 11) is 0. The lowest BCUT2D eigenvalue weighted by molar-refractivity contribution is 0.303. The van der Waals surface area contributed by atoms with Crippen LogP contribution in [0.15, 0.2) is 18.2 Å². The van der Waals surface area contributed by atoms with Crippen LogP contribution in [0.2, 0.25) is 5.02 Å². The van der Waals surface area contributed by atoms with E-state index in [9.17, 15) is 0 Å². The van der Waals surface area contributed by atoms with Gasteiger partial charge in [0.1, 0.15) is 5.75 Å². The lowest BCUT2D eigenvalue weighted by Crippen LogP contribution is -2.20. The molecular weight excluding hydrogens is 258 g/mol. The molecule has 0 saturated heterocycles. The van der Waals surface area contributed by atoms with Crippen molar-refractivity contribution in [1.82, 2.24) is 5.32 Å². The van der Waals surface area contributed by atoms with Crippen LogP contribution in [-0.4, -0.2) is 19.7 Å². The maximum atomic E-state index is 5.95. The molecule has 1 N–H and O–H groups in total. The molecule has 0 spiro atoms. The van der Waals surface area contributed by atoms with Crippen LogP contribution in [0.1, 0.15) is 38.7 Å². The third-order valence-corrected chi connectivity index (χ3v) is 3.19. The normalized spacial score (nSPS) is 11.0. The molecule has 0 bridgehead atoms. The second-order valence-corrected chi connectivity index (χ2v) is 5.85. The average molecular weight is 284 g/mol. The summed E-state index contributed by atoms with van der Waals surface area (Å²) in [5, 5.41) is 4.19. The first kappa shape index (κ1) is 16.3. The molecule has 0 aliphatic heterocycles. The Bertz CT molecular complexity index is 366. The van der Waals surface area contributed by atoms with Gasteiger partial charge in [-0.3, -0.25) is 0 Å². The van der Waals surface area contributed by atoms with Gasteiger partial charge in [-0.1, -0.05) is 31.5 Å². The zero-order chi connectivity index (χ0) is 14.1. The summed E-state index contributed by atoms with van der Waals surface area (Å²) < 4.78 is 5.76. The van der Waals surface area contributed by atoms with Crippen LogP contribution in [0.3, 0.4) is 0 Å². The Morgan fingerprint density at radius 2 is 2.00 bits per heavy atom. The van der Waals surface area contributed by atoms with E-state index in [0.29, 0.717) is 0 Å². The molecule has 2 nitrogen and oxygen atoms in total. The van der Waals surface area contributed by atoms with Crippen LogP contribution in [0.5, 0.6) is 5.75 Å². The fraction of sp³-hybridized carbons (Fsp3) is 0.625. The quantitative estimate of drug-likeness (QED) is 0.676. The number of benzene rings is 1. The number of halogens is 1. The molecule has 0 aromatic heterocycles. The Balaban J connectivity index is 2.06. The molecule has 0 atom stereocenters. The molecular formula is C16H26ClNO. The molecule has 0 radical (unpaired) electrons. The molecule has 19 heavy (non-hydrogen) atoms. The van der Waals surface area contributed by atoms with Crippen LogP contribution in [0.25, 0.3) is 0 Å². The number of aryl methyl sites for hydroxylation is 1. The minimum absolute atomic E-state index is 0.731. The summed E-state index contributed by atoms with van der Waals surface area (Å²) in [5.74, 6) is 1.64. The number of ether oxygens (including phenoxy) is 1. The SMILES string of the molecule is Cc1ccc(Cl)cc1OCCCCCNCC(C)C. The van der Waals surface area contributed by atoms with Crippen molar-refractivity contribution in [3.8, 4) is 5.75 Å². The third-order valence-electron chi connectivity index (χ3n) is 2.96. The van der Waals surface area contributed by atoms with Crippen molar-refractivity contribution >= 4 is 11.6 Å². The van der Waals surface area contributed by atoms with Gasteiger partial charge in [0.25, 0.3) is 0 Å². The molecule has 0 heterocycles. The van der Waals surface area contributed by atoms with Gasteiger partial charge in [-0.2, -0.15) is 0 Å². The summed E-state index contributed by atoms with van der Waals surface area (Å²) in [6, 6.07) is 5.78. The van der Waals surface area contributed by atoms with Crippen molar-refractivity contribution in [2.24, 2.45) is 5.92 Å². The van der Waals surface area contributed by atoms with E-state index in [1.165, 1.54) is 12.8 Å². The molecule has 0 amide bonds. The lowest BCUT2D eigenvalue weighted by Gasteiger charge is -2.10. The minimum atomic E-state index is 0.731. The molecule has 0 saturated carbocycles. The molecule has 1 aromatic carbocycles. The van der Waals surface area contributed by atoms with Gasteiger partial charge in [0.15, 0.2) is 0 Å². The lowest BCUT2D eigenvalue weighted by atomic mass is 10.2. The monoisotopic (exact) mass is 283 g/mol. The van der Waals surface area contributed by atoms with Gasteiger partial charge >= 0.3 is 0 Å². The topological polar surface area (TPSA) is 21.3 Å². The number of rotatable bonds is 9. The van der Waals surface area contributed by atoms with Crippen LogP contribution >= 0.6 is 11.6 Å². The molecule has 0 fully saturated rings. The van der Waals surface area contributed by atoms with Gasteiger partial charge < -0.3 is 10.1 Å². The maximum absolute atomic E-state index is 5.95. The molecule has 0 aliphatic carbocycles. The average Bonchev–Trinajstić information content (AvgIpc) is 2.36. The van der Waals surface area contributed by atoms with E-state index in [1.54, 1.807) is 0 Å². The highest BCUT2D eigenvalue weighted by atomic mass is 35.5. The highest BCUT2D eigenvalue weighted by molar-refractivity contribution is 6.30. The molecule has 0 unspecified atom stereocenters. The summed E-state index contributed by atoms with van der Waals surface area (Å²) in [4.78, 5) is 0. The Labute approximate surface area is 122 Å². The van der Waals surface area contributed by atoms with E-state index in [4.69, 9.17) is 16.3 Å². The second-order valence-electron chi connectivity index (χ2n) is 5.42. The van der Waals surface area contributed by atoms with Gasteiger partial charge in [-0.15, -0.1) is 0 Å². The standard InChI is InChI=1S/C16H26ClNO/c1-13(2)12-18-9-5-4-6-10-19-16-11-15(17)8-7-14(16)3/h7-8,11,13,18H,4-6,9-10,12H2,1-3H3. The Morgan fingerprint density at radius 1 is 1.21 bits per heavy atom. The van der Waals surface area contributed by atoms with Gasteiger partial charge in [0.05, 0.1) is 6.61 Å². The van der Waals surface area contributed by atoms with Crippen LogP contribution in [0, 0.1) is 12.8 Å². The maximum Gasteiger partial charge on any atom is 0.123 e. The van der Waals surface area contributed by atoms with Crippen LogP contribution in [-0.2, 0) is 0 Å². The van der Waals surface area contributed by atoms with Crippen molar-refractivity contribution in [1.29, 1.82) is 0 Å². The van der Waals surface area contributed by atoms with Gasteiger partial charge in [-0.05, 0) is 62.9 Å². The fourth-order valence-corrected chi connectivity index (χ4v) is 1.99. The first-order chi connectivity index (χ1) is 9.09. The van der Waals surface area contributed by atoms with Crippen LogP contribution in [0.4, 0.5) is 0 Å². The number of nitrogens with one attached hydrogen (secondary N) is 1.